The molecule has 30 valence electrons. The molecule has 0 aliphatic rings. The molecule has 0 saturated carbocycles. The predicted molar refractivity (Wildman–Crippen MR) is 16.2 cm³/mol. The minimum Gasteiger partial charge on any atom is -1.00 e. The van der Waals surface area contributed by atoms with Gasteiger partial charge in [0.25, 0.3) is 0 Å². The van der Waals surface area contributed by atoms with Gasteiger partial charge in [-0.15, -0.1) is 0 Å². The Kier molecular flexibility index (Phi) is 53.7. The number of rotatable bonds is 0. The minimum atomic E-state index is 0. The minimum absolute atomic E-state index is 0. The Morgan fingerprint density at radius 2 is 1.40 bits per heavy atom. The zero-order valence-corrected chi connectivity index (χ0v) is 9.51. The van der Waals surface area contributed by atoms with Crippen molar-refractivity contribution in [3.8, 4) is 0 Å². The van der Waals surface area contributed by atoms with Gasteiger partial charge in [-0.25, -0.2) is 0 Å². The van der Waals surface area contributed by atoms with Gasteiger partial charge in [0, 0.05) is 0 Å². The van der Waals surface area contributed by atoms with E-state index in [2.05, 4.69) is 6.92 Å². The Bertz CT molecular complexity index is 7.61. The number of halogens is 2. The van der Waals surface area contributed by atoms with E-state index in [-0.39, 0.29) is 34.0 Å². The summed E-state index contributed by atoms with van der Waals surface area (Å²) < 4.78 is 1.38. The summed E-state index contributed by atoms with van der Waals surface area (Å²) in [5.41, 5.74) is 0. The van der Waals surface area contributed by atoms with E-state index in [0.717, 1.165) is 0 Å². The summed E-state index contributed by atoms with van der Waals surface area (Å²) in [7, 11) is 0. The summed E-state index contributed by atoms with van der Waals surface area (Å²) in [5, 5.41) is 0. The van der Waals surface area contributed by atoms with Crippen molar-refractivity contribution >= 4 is 24.4 Å². The maximum atomic E-state index is 2.18. The molecule has 0 aromatic heterocycles. The molecule has 0 bridgehead atoms. The molecule has 0 atom stereocenters. The van der Waals surface area contributed by atoms with E-state index in [4.69, 9.17) is 0 Å². The van der Waals surface area contributed by atoms with Gasteiger partial charge in [0.2, 0.25) is 0 Å². The fourth-order valence-corrected chi connectivity index (χ4v) is 0. The second kappa shape index (κ2) is 17.0. The zero-order valence-electron chi connectivity index (χ0n) is 3.04. The Morgan fingerprint density at radius 3 is 1.40 bits per heavy atom. The molecule has 0 aliphatic carbocycles. The van der Waals surface area contributed by atoms with Gasteiger partial charge in [-0.3, -0.25) is 0 Å². The van der Waals surface area contributed by atoms with Gasteiger partial charge in [0.15, 0.2) is 0 Å². The average Bonchev–Trinajstić information content (AvgIpc) is 0.918. The Hall–Kier alpha value is 1.83. The predicted octanol–water partition coefficient (Wildman–Crippen LogP) is -5.40. The molecule has 0 nitrogen and oxygen atoms in total. The summed E-state index contributed by atoms with van der Waals surface area (Å²) in [4.78, 5) is 0. The van der Waals surface area contributed by atoms with Crippen LogP contribution in [0.2, 0.25) is 4.18 Å². The van der Waals surface area contributed by atoms with Gasteiger partial charge in [-0.2, -0.15) is 0 Å². The Balaban J connectivity index is -0.0000000200. The molecule has 0 amide bonds. The van der Waals surface area contributed by atoms with Crippen LogP contribution in [-0.2, 0) is 0 Å². The van der Waals surface area contributed by atoms with Crippen LogP contribution in [0.4, 0.5) is 0 Å². The van der Waals surface area contributed by atoms with Gasteiger partial charge in [-0.05, 0) is 0 Å². The third-order valence-electron chi connectivity index (χ3n) is 0. The average molecular weight is 304 g/mol. The second-order valence-corrected chi connectivity index (χ2v) is 2.74. The van der Waals surface area contributed by atoms with Gasteiger partial charge < -0.3 is 34.0 Å². The van der Waals surface area contributed by atoms with Crippen LogP contribution >= 0.6 is 0 Å². The SMILES string of the molecule is C[CH2][In+2].[Br-].[Br-]. The summed E-state index contributed by atoms with van der Waals surface area (Å²) in [6.45, 7) is 2.18. The van der Waals surface area contributed by atoms with Crippen LogP contribution in [0.15, 0.2) is 0 Å². The molecule has 0 fully saturated rings. The number of hydrogen-bond donors (Lipinski definition) is 0. The van der Waals surface area contributed by atoms with Crippen LogP contribution in [0.5, 0.6) is 0 Å². The first-order valence-corrected chi connectivity index (χ1v) is 3.45. The van der Waals surface area contributed by atoms with Crippen LogP contribution in [0, 0.1) is 0 Å². The molecule has 0 spiro atoms. The maximum Gasteiger partial charge on any atom is -1.00 e. The Morgan fingerprint density at radius 1 is 1.40 bits per heavy atom. The standard InChI is InChI=1S/C2H5.2BrH.In/c1-2;;;/h1H2,2H3;2*1H;/q;;;+2/p-2. The van der Waals surface area contributed by atoms with Crippen molar-refractivity contribution in [3.05, 3.63) is 0 Å². The third kappa shape index (κ3) is 25.5. The van der Waals surface area contributed by atoms with Crippen molar-refractivity contribution in [1.29, 1.82) is 0 Å². The van der Waals surface area contributed by atoms with Crippen molar-refractivity contribution in [1.82, 2.24) is 0 Å². The van der Waals surface area contributed by atoms with Crippen molar-refractivity contribution in [2.24, 2.45) is 0 Å². The fourth-order valence-electron chi connectivity index (χ4n) is 0. The molecule has 0 unspecified atom stereocenters. The first-order chi connectivity index (χ1) is 1.41. The first-order valence-electron chi connectivity index (χ1n) is 1.12. The molecule has 5 heavy (non-hydrogen) atoms. The van der Waals surface area contributed by atoms with E-state index in [1.54, 1.807) is 0 Å². The van der Waals surface area contributed by atoms with Crippen LogP contribution in [-0.4, -0.2) is 24.4 Å². The fraction of sp³-hybridized carbons (Fsp3) is 1.00. The summed E-state index contributed by atoms with van der Waals surface area (Å²) in [6, 6.07) is 0. The molecule has 0 aromatic rings. The van der Waals surface area contributed by atoms with E-state index in [0.29, 0.717) is 0 Å². The molecule has 0 radical (unpaired) electrons. The Labute approximate surface area is 68.8 Å². The van der Waals surface area contributed by atoms with Crippen molar-refractivity contribution < 1.29 is 34.0 Å². The molecule has 0 N–H and O–H groups in total. The largest absolute Gasteiger partial charge is 1.00 e. The van der Waals surface area contributed by atoms with Gasteiger partial charge in [0.1, 0.15) is 0 Å². The molecular formula is C2H5Br2In. The van der Waals surface area contributed by atoms with Gasteiger partial charge >= 0.3 is 35.5 Å². The zero-order chi connectivity index (χ0) is 2.71. The van der Waals surface area contributed by atoms with Crippen LogP contribution < -0.4 is 34.0 Å². The van der Waals surface area contributed by atoms with E-state index in [9.17, 15) is 0 Å². The second-order valence-electron chi connectivity index (χ2n) is 0.408. The molecule has 3 heteroatoms. The molecule has 0 heterocycles. The topological polar surface area (TPSA) is 0 Å². The third-order valence-corrected chi connectivity index (χ3v) is 0. The molecular weight excluding hydrogens is 299 g/mol. The van der Waals surface area contributed by atoms with E-state index < -0.39 is 0 Å². The monoisotopic (exact) mass is 302 g/mol. The molecule has 0 aliphatic heterocycles. The van der Waals surface area contributed by atoms with Crippen molar-refractivity contribution in [2.75, 3.05) is 0 Å². The van der Waals surface area contributed by atoms with Crippen LogP contribution in [0.1, 0.15) is 6.92 Å². The first kappa shape index (κ1) is 15.8. The van der Waals surface area contributed by atoms with E-state index in [1.165, 1.54) is 28.6 Å². The quantitative estimate of drug-likeness (QED) is 0.419. The summed E-state index contributed by atoms with van der Waals surface area (Å²) in [5.74, 6) is 0. The molecule has 0 saturated heterocycles. The summed E-state index contributed by atoms with van der Waals surface area (Å²) >= 11 is 1.42. The molecule has 0 aromatic carbocycles. The summed E-state index contributed by atoms with van der Waals surface area (Å²) in [6.07, 6.45) is 0. The van der Waals surface area contributed by atoms with Gasteiger partial charge in [0.05, 0.1) is 0 Å². The van der Waals surface area contributed by atoms with E-state index >= 15 is 0 Å². The van der Waals surface area contributed by atoms with Crippen LogP contribution in [0.25, 0.3) is 0 Å². The maximum absolute atomic E-state index is 2.18. The molecule has 0 rings (SSSR count). The van der Waals surface area contributed by atoms with Crippen molar-refractivity contribution in [2.45, 2.75) is 11.1 Å². The number of hydrogen-bond acceptors (Lipinski definition) is 0. The van der Waals surface area contributed by atoms with Gasteiger partial charge in [-0.1, -0.05) is 0 Å². The van der Waals surface area contributed by atoms with Crippen LogP contribution in [0.3, 0.4) is 0 Å². The smallest absolute Gasteiger partial charge is 1.00 e. The van der Waals surface area contributed by atoms with Crippen molar-refractivity contribution in [3.63, 3.8) is 0 Å². The van der Waals surface area contributed by atoms with E-state index in [1.807, 2.05) is 0 Å². The normalized spacial score (nSPS) is 3.80.